The molecule has 0 amide bonds. The average Bonchev–Trinajstić information content (AvgIpc) is 3.57. The first-order valence-corrected chi connectivity index (χ1v) is 11.9. The van der Waals surface area contributed by atoms with Crippen molar-refractivity contribution in [1.82, 2.24) is 30.5 Å². The van der Waals surface area contributed by atoms with Gasteiger partial charge in [0, 0.05) is 17.7 Å². The number of rotatable bonds is 8. The maximum atomic E-state index is 5.91. The highest BCUT2D eigenvalue weighted by molar-refractivity contribution is 5.55. The molecule has 34 heavy (non-hydrogen) atoms. The highest BCUT2D eigenvalue weighted by atomic mass is 16.5. The summed E-state index contributed by atoms with van der Waals surface area (Å²) in [7, 11) is 0. The summed E-state index contributed by atoms with van der Waals surface area (Å²) in [6, 6.07) is 22.8. The van der Waals surface area contributed by atoms with Gasteiger partial charge in [-0.25, -0.2) is 0 Å². The summed E-state index contributed by atoms with van der Waals surface area (Å²) in [6.45, 7) is 5.98. The highest BCUT2D eigenvalue weighted by Crippen LogP contribution is 2.33. The molecule has 3 heterocycles. The molecular weight excluding hydrogens is 424 g/mol. The standard InChI is InChI=1S/C27H30N6O/c1-19(2)26(21-12-14-24(15-13-21)34-18-23-6-3-4-16-28-23)20-8-10-22(11-9-20)27-30-32-33(31-27)25-7-5-17-29-25/h3-4,6,8-16,19,25-26,29H,5,7,17-18H2,1-2H3. The Morgan fingerprint density at radius 1 is 1.00 bits per heavy atom. The van der Waals surface area contributed by atoms with E-state index >= 15 is 0 Å². The third-order valence-electron chi connectivity index (χ3n) is 6.29. The van der Waals surface area contributed by atoms with Gasteiger partial charge in [-0.15, -0.1) is 15.0 Å². The van der Waals surface area contributed by atoms with Gasteiger partial charge in [0.15, 0.2) is 0 Å². The van der Waals surface area contributed by atoms with E-state index in [1.54, 1.807) is 11.0 Å². The average molecular weight is 455 g/mol. The van der Waals surface area contributed by atoms with E-state index in [-0.39, 0.29) is 12.1 Å². The first-order chi connectivity index (χ1) is 16.7. The highest BCUT2D eigenvalue weighted by Gasteiger charge is 2.21. The van der Waals surface area contributed by atoms with Gasteiger partial charge in [0.25, 0.3) is 0 Å². The van der Waals surface area contributed by atoms with Crippen LogP contribution in [0.2, 0.25) is 0 Å². The van der Waals surface area contributed by atoms with E-state index in [4.69, 9.17) is 4.74 Å². The molecule has 1 fully saturated rings. The van der Waals surface area contributed by atoms with Crippen molar-refractivity contribution in [1.29, 1.82) is 0 Å². The first-order valence-electron chi connectivity index (χ1n) is 11.9. The molecule has 2 atom stereocenters. The minimum Gasteiger partial charge on any atom is -0.487 e. The molecule has 2 aromatic heterocycles. The maximum Gasteiger partial charge on any atom is 0.204 e. The van der Waals surface area contributed by atoms with E-state index < -0.39 is 0 Å². The zero-order valence-electron chi connectivity index (χ0n) is 19.6. The summed E-state index contributed by atoms with van der Waals surface area (Å²) in [4.78, 5) is 6.01. The summed E-state index contributed by atoms with van der Waals surface area (Å²) in [5.74, 6) is 2.23. The molecule has 2 unspecified atom stereocenters. The van der Waals surface area contributed by atoms with Crippen molar-refractivity contribution in [2.75, 3.05) is 6.54 Å². The van der Waals surface area contributed by atoms with Crippen LogP contribution in [0.15, 0.2) is 72.9 Å². The Kier molecular flexibility index (Phi) is 6.62. The molecule has 7 heteroatoms. The lowest BCUT2D eigenvalue weighted by Gasteiger charge is -2.22. The van der Waals surface area contributed by atoms with Crippen LogP contribution in [0, 0.1) is 5.92 Å². The molecule has 174 valence electrons. The van der Waals surface area contributed by atoms with Crippen molar-refractivity contribution in [2.24, 2.45) is 5.92 Å². The first kappa shape index (κ1) is 22.2. The van der Waals surface area contributed by atoms with E-state index in [1.807, 2.05) is 30.3 Å². The smallest absolute Gasteiger partial charge is 0.204 e. The number of nitrogens with one attached hydrogen (secondary N) is 1. The van der Waals surface area contributed by atoms with Crippen molar-refractivity contribution < 1.29 is 4.74 Å². The molecule has 1 aliphatic heterocycles. The largest absolute Gasteiger partial charge is 0.487 e. The van der Waals surface area contributed by atoms with Gasteiger partial charge in [-0.3, -0.25) is 10.3 Å². The van der Waals surface area contributed by atoms with Crippen molar-refractivity contribution >= 4 is 0 Å². The number of nitrogens with zero attached hydrogens (tertiary/aromatic N) is 5. The predicted molar refractivity (Wildman–Crippen MR) is 131 cm³/mol. The molecule has 5 rings (SSSR count). The SMILES string of the molecule is CC(C)C(c1ccc(OCc2ccccn2)cc1)c1ccc(-c2nnn(C3CCCN3)n2)cc1. The van der Waals surface area contributed by atoms with Gasteiger partial charge in [-0.2, -0.15) is 0 Å². The summed E-state index contributed by atoms with van der Waals surface area (Å²) in [5, 5.41) is 16.5. The third kappa shape index (κ3) is 4.99. The normalized spacial score (nSPS) is 16.6. The van der Waals surface area contributed by atoms with Crippen LogP contribution in [0.5, 0.6) is 5.75 Å². The molecule has 0 radical (unpaired) electrons. The van der Waals surface area contributed by atoms with Gasteiger partial charge >= 0.3 is 0 Å². The number of tetrazole rings is 1. The fraction of sp³-hybridized carbons (Fsp3) is 0.333. The van der Waals surface area contributed by atoms with Crippen LogP contribution >= 0.6 is 0 Å². The van der Waals surface area contributed by atoms with Gasteiger partial charge in [-0.1, -0.05) is 56.3 Å². The third-order valence-corrected chi connectivity index (χ3v) is 6.29. The van der Waals surface area contributed by atoms with Crippen molar-refractivity contribution in [3.63, 3.8) is 0 Å². The molecule has 2 aromatic carbocycles. The molecule has 7 nitrogen and oxygen atoms in total. The van der Waals surface area contributed by atoms with Gasteiger partial charge in [0.1, 0.15) is 18.5 Å². The number of hydrogen-bond acceptors (Lipinski definition) is 6. The number of benzene rings is 2. The molecule has 4 aromatic rings. The quantitative estimate of drug-likeness (QED) is 0.404. The van der Waals surface area contributed by atoms with Crippen LogP contribution in [-0.2, 0) is 6.61 Å². The molecule has 1 N–H and O–H groups in total. The predicted octanol–water partition coefficient (Wildman–Crippen LogP) is 4.98. The van der Waals surface area contributed by atoms with Crippen molar-refractivity contribution in [2.45, 2.75) is 45.4 Å². The number of hydrogen-bond donors (Lipinski definition) is 1. The van der Waals surface area contributed by atoms with Crippen LogP contribution in [-0.4, -0.2) is 31.7 Å². The summed E-state index contributed by atoms with van der Waals surface area (Å²) in [5.41, 5.74) is 4.43. The summed E-state index contributed by atoms with van der Waals surface area (Å²) < 4.78 is 5.91. The van der Waals surface area contributed by atoms with Crippen LogP contribution in [0.3, 0.4) is 0 Å². The molecule has 0 spiro atoms. The molecule has 0 bridgehead atoms. The fourth-order valence-electron chi connectivity index (χ4n) is 4.55. The second-order valence-electron chi connectivity index (χ2n) is 9.07. The van der Waals surface area contributed by atoms with Crippen LogP contribution in [0.1, 0.15) is 55.6 Å². The lowest BCUT2D eigenvalue weighted by atomic mass is 9.82. The monoisotopic (exact) mass is 454 g/mol. The molecule has 0 saturated carbocycles. The van der Waals surface area contributed by atoms with E-state index in [9.17, 15) is 0 Å². The second-order valence-corrected chi connectivity index (χ2v) is 9.07. The van der Waals surface area contributed by atoms with E-state index in [0.717, 1.165) is 36.4 Å². The minimum atomic E-state index is 0.154. The molecular formula is C27H30N6O. The lowest BCUT2D eigenvalue weighted by molar-refractivity contribution is 0.301. The minimum absolute atomic E-state index is 0.154. The zero-order chi connectivity index (χ0) is 23.3. The van der Waals surface area contributed by atoms with Gasteiger partial charge in [-0.05, 0) is 65.9 Å². The van der Waals surface area contributed by atoms with Gasteiger partial charge in [0.05, 0.1) is 5.69 Å². The Bertz CT molecular complexity index is 1180. The number of ether oxygens (including phenoxy) is 1. The van der Waals surface area contributed by atoms with E-state index in [2.05, 4.69) is 76.0 Å². The zero-order valence-corrected chi connectivity index (χ0v) is 19.6. The van der Waals surface area contributed by atoms with Crippen LogP contribution in [0.4, 0.5) is 0 Å². The van der Waals surface area contributed by atoms with Crippen LogP contribution < -0.4 is 10.1 Å². The number of pyridine rings is 1. The van der Waals surface area contributed by atoms with Crippen molar-refractivity contribution in [3.8, 4) is 17.1 Å². The molecule has 0 aliphatic carbocycles. The summed E-state index contributed by atoms with van der Waals surface area (Å²) >= 11 is 0. The Morgan fingerprint density at radius 3 is 2.41 bits per heavy atom. The van der Waals surface area contributed by atoms with Crippen LogP contribution in [0.25, 0.3) is 11.4 Å². The molecule has 1 saturated heterocycles. The Hall–Kier alpha value is -3.58. The van der Waals surface area contributed by atoms with Gasteiger partial charge in [0.2, 0.25) is 5.82 Å². The number of aromatic nitrogens is 5. The second kappa shape index (κ2) is 10.1. The maximum absolute atomic E-state index is 5.91. The molecule has 1 aliphatic rings. The fourth-order valence-corrected chi connectivity index (χ4v) is 4.55. The topological polar surface area (TPSA) is 77.8 Å². The van der Waals surface area contributed by atoms with E-state index in [1.165, 1.54) is 11.1 Å². The Morgan fingerprint density at radius 2 is 1.76 bits per heavy atom. The summed E-state index contributed by atoms with van der Waals surface area (Å²) in [6.07, 6.45) is 4.12. The van der Waals surface area contributed by atoms with Gasteiger partial charge < -0.3 is 4.74 Å². The lowest BCUT2D eigenvalue weighted by Crippen LogP contribution is -2.22. The Balaban J connectivity index is 1.29. The van der Waals surface area contributed by atoms with E-state index in [0.29, 0.717) is 18.3 Å². The van der Waals surface area contributed by atoms with Crippen molar-refractivity contribution in [3.05, 3.63) is 89.7 Å². The Labute approximate surface area is 200 Å².